The molecule has 1 amide bonds. The van der Waals surface area contributed by atoms with E-state index in [1.807, 2.05) is 6.92 Å². The van der Waals surface area contributed by atoms with Gasteiger partial charge >= 0.3 is 0 Å². The minimum Gasteiger partial charge on any atom is -0.351 e. The Balaban J connectivity index is 1.50. The van der Waals surface area contributed by atoms with Gasteiger partial charge in [0.1, 0.15) is 0 Å². The third kappa shape index (κ3) is 3.80. The Morgan fingerprint density at radius 2 is 2.17 bits per heavy atom. The largest absolute Gasteiger partial charge is 0.351 e. The van der Waals surface area contributed by atoms with Gasteiger partial charge < -0.3 is 5.32 Å². The lowest BCUT2D eigenvalue weighted by Gasteiger charge is -2.11. The number of nitrogens with zero attached hydrogens (tertiary/aromatic N) is 2. The lowest BCUT2D eigenvalue weighted by atomic mass is 9.95. The summed E-state index contributed by atoms with van der Waals surface area (Å²) in [7, 11) is 0. The van der Waals surface area contributed by atoms with Crippen molar-refractivity contribution in [2.24, 2.45) is 0 Å². The van der Waals surface area contributed by atoms with Crippen molar-refractivity contribution in [3.63, 3.8) is 0 Å². The van der Waals surface area contributed by atoms with Crippen molar-refractivity contribution in [1.29, 1.82) is 0 Å². The Morgan fingerprint density at radius 3 is 2.96 bits per heavy atom. The number of carbonyl (C=O) groups excluding carboxylic acids is 1. The Morgan fingerprint density at radius 1 is 1.35 bits per heavy atom. The molecule has 2 aromatic rings. The van der Waals surface area contributed by atoms with Crippen LogP contribution in [0.4, 0.5) is 0 Å². The molecule has 0 aromatic carbocycles. The lowest BCUT2D eigenvalue weighted by molar-refractivity contribution is -0.121. The van der Waals surface area contributed by atoms with E-state index >= 15 is 0 Å². The van der Waals surface area contributed by atoms with Gasteiger partial charge in [0.25, 0.3) is 0 Å². The van der Waals surface area contributed by atoms with Crippen molar-refractivity contribution in [1.82, 2.24) is 20.5 Å². The van der Waals surface area contributed by atoms with Crippen LogP contribution in [0.1, 0.15) is 58.7 Å². The first-order valence-electron chi connectivity index (χ1n) is 8.44. The molecular weight excluding hydrogens is 308 g/mol. The highest BCUT2D eigenvalue weighted by Crippen LogP contribution is 2.23. The van der Waals surface area contributed by atoms with Gasteiger partial charge in [0.2, 0.25) is 5.91 Å². The molecule has 0 radical (unpaired) electrons. The van der Waals surface area contributed by atoms with E-state index in [9.17, 15) is 4.79 Å². The second-order valence-corrected chi connectivity index (χ2v) is 7.25. The van der Waals surface area contributed by atoms with E-state index in [2.05, 4.69) is 27.4 Å². The van der Waals surface area contributed by atoms with E-state index in [0.29, 0.717) is 13.0 Å². The molecule has 124 valence electrons. The topological polar surface area (TPSA) is 70.7 Å². The average Bonchev–Trinajstić information content (AvgIpc) is 3.14. The molecule has 1 aliphatic carbocycles. The summed E-state index contributed by atoms with van der Waals surface area (Å²) in [6, 6.07) is 0. The minimum absolute atomic E-state index is 0.0865. The first kappa shape index (κ1) is 16.2. The van der Waals surface area contributed by atoms with Gasteiger partial charge in [-0.05, 0) is 44.6 Å². The van der Waals surface area contributed by atoms with Crippen LogP contribution in [0.2, 0.25) is 0 Å². The molecule has 0 unspecified atom stereocenters. The normalized spacial score (nSPS) is 13.8. The number of hydrogen-bond donors (Lipinski definition) is 2. The van der Waals surface area contributed by atoms with Crippen LogP contribution in [-0.4, -0.2) is 21.1 Å². The molecule has 2 aromatic heterocycles. The summed E-state index contributed by atoms with van der Waals surface area (Å²) in [6.07, 6.45) is 6.83. The van der Waals surface area contributed by atoms with Crippen LogP contribution >= 0.6 is 11.3 Å². The van der Waals surface area contributed by atoms with Crippen LogP contribution in [0.25, 0.3) is 0 Å². The van der Waals surface area contributed by atoms with Crippen molar-refractivity contribution in [3.05, 3.63) is 32.5 Å². The number of hydrogen-bond acceptors (Lipinski definition) is 4. The standard InChI is InChI=1S/C17H24N4OS/c1-3-17-19-11(2)15(23-17)10-18-16(22)9-8-14-12-6-4-5-7-13(12)20-21-14/h3-10H2,1-2H3,(H,18,22)(H,20,21). The van der Waals surface area contributed by atoms with E-state index in [4.69, 9.17) is 0 Å². The predicted molar refractivity (Wildman–Crippen MR) is 91.6 cm³/mol. The number of aryl methyl sites for hydroxylation is 4. The van der Waals surface area contributed by atoms with Crippen molar-refractivity contribution < 1.29 is 4.79 Å². The summed E-state index contributed by atoms with van der Waals surface area (Å²) in [4.78, 5) is 17.8. The molecule has 0 aliphatic heterocycles. The number of fused-ring (bicyclic) bond motifs is 1. The van der Waals surface area contributed by atoms with Crippen molar-refractivity contribution in [2.45, 2.75) is 65.3 Å². The van der Waals surface area contributed by atoms with Crippen LogP contribution in [0.15, 0.2) is 0 Å². The number of nitrogens with one attached hydrogen (secondary N) is 2. The Bertz CT molecular complexity index is 689. The molecule has 0 fully saturated rings. The van der Waals surface area contributed by atoms with Gasteiger partial charge in [0.15, 0.2) is 0 Å². The maximum Gasteiger partial charge on any atom is 0.220 e. The fraction of sp³-hybridized carbons (Fsp3) is 0.588. The van der Waals surface area contributed by atoms with Crippen LogP contribution in [-0.2, 0) is 37.0 Å². The molecule has 6 heteroatoms. The van der Waals surface area contributed by atoms with Crippen LogP contribution < -0.4 is 5.32 Å². The molecule has 0 saturated heterocycles. The number of rotatable bonds is 6. The quantitative estimate of drug-likeness (QED) is 0.854. The second kappa shape index (κ2) is 7.25. The molecule has 0 bridgehead atoms. The molecule has 0 saturated carbocycles. The molecule has 1 aliphatic rings. The van der Waals surface area contributed by atoms with Crippen LogP contribution in [0, 0.1) is 6.92 Å². The van der Waals surface area contributed by atoms with E-state index in [1.165, 1.54) is 24.1 Å². The zero-order valence-electron chi connectivity index (χ0n) is 13.9. The van der Waals surface area contributed by atoms with Gasteiger partial charge in [-0.2, -0.15) is 5.10 Å². The minimum atomic E-state index is 0.0865. The number of aromatic amines is 1. The van der Waals surface area contributed by atoms with Crippen molar-refractivity contribution in [3.8, 4) is 0 Å². The molecule has 2 N–H and O–H groups in total. The summed E-state index contributed by atoms with van der Waals surface area (Å²) in [6.45, 7) is 4.69. The van der Waals surface area contributed by atoms with E-state index in [-0.39, 0.29) is 5.91 Å². The summed E-state index contributed by atoms with van der Waals surface area (Å²) < 4.78 is 0. The van der Waals surface area contributed by atoms with E-state index in [0.717, 1.165) is 47.0 Å². The van der Waals surface area contributed by atoms with E-state index in [1.54, 1.807) is 11.3 Å². The van der Waals surface area contributed by atoms with E-state index < -0.39 is 0 Å². The third-order valence-electron chi connectivity index (χ3n) is 4.42. The number of aromatic nitrogens is 3. The van der Waals surface area contributed by atoms with Gasteiger partial charge in [-0.1, -0.05) is 6.92 Å². The molecule has 23 heavy (non-hydrogen) atoms. The second-order valence-electron chi connectivity index (χ2n) is 6.08. The lowest BCUT2D eigenvalue weighted by Crippen LogP contribution is -2.23. The van der Waals surface area contributed by atoms with Crippen LogP contribution in [0.5, 0.6) is 0 Å². The summed E-state index contributed by atoms with van der Waals surface area (Å²) >= 11 is 1.69. The number of thiazole rings is 1. The van der Waals surface area contributed by atoms with Crippen LogP contribution in [0.3, 0.4) is 0 Å². The highest BCUT2D eigenvalue weighted by molar-refractivity contribution is 7.11. The van der Waals surface area contributed by atoms with Gasteiger partial charge in [0.05, 0.1) is 22.9 Å². The van der Waals surface area contributed by atoms with Crippen molar-refractivity contribution in [2.75, 3.05) is 0 Å². The van der Waals surface area contributed by atoms with Gasteiger partial charge in [-0.15, -0.1) is 11.3 Å². The number of carbonyl (C=O) groups is 1. The predicted octanol–water partition coefficient (Wildman–Crippen LogP) is 2.86. The fourth-order valence-corrected chi connectivity index (χ4v) is 4.01. The Labute approximate surface area is 140 Å². The average molecular weight is 332 g/mol. The summed E-state index contributed by atoms with van der Waals surface area (Å²) in [5, 5.41) is 11.7. The third-order valence-corrected chi connectivity index (χ3v) is 5.72. The summed E-state index contributed by atoms with van der Waals surface area (Å²) in [5.41, 5.74) is 4.75. The highest BCUT2D eigenvalue weighted by atomic mass is 32.1. The smallest absolute Gasteiger partial charge is 0.220 e. The maximum atomic E-state index is 12.1. The molecule has 0 atom stereocenters. The van der Waals surface area contributed by atoms with Gasteiger partial charge in [0, 0.05) is 23.4 Å². The van der Waals surface area contributed by atoms with Crippen molar-refractivity contribution >= 4 is 17.2 Å². The number of H-pyrrole nitrogens is 1. The monoisotopic (exact) mass is 332 g/mol. The highest BCUT2D eigenvalue weighted by Gasteiger charge is 2.17. The first-order chi connectivity index (χ1) is 11.2. The maximum absolute atomic E-state index is 12.1. The number of amides is 1. The molecule has 2 heterocycles. The molecule has 3 rings (SSSR count). The Hall–Kier alpha value is -1.69. The Kier molecular flexibility index (Phi) is 5.10. The summed E-state index contributed by atoms with van der Waals surface area (Å²) in [5.74, 6) is 0.0865. The zero-order chi connectivity index (χ0) is 16.2. The van der Waals surface area contributed by atoms with Gasteiger partial charge in [-0.25, -0.2) is 4.98 Å². The fourth-order valence-electron chi connectivity index (χ4n) is 3.06. The first-order valence-corrected chi connectivity index (χ1v) is 9.26. The SMILES string of the molecule is CCc1nc(C)c(CNC(=O)CCc2n[nH]c3c2CCCC3)s1. The van der Waals surface area contributed by atoms with Gasteiger partial charge in [-0.3, -0.25) is 9.89 Å². The molecule has 0 spiro atoms. The molecule has 5 nitrogen and oxygen atoms in total. The zero-order valence-corrected chi connectivity index (χ0v) is 14.7. The molecular formula is C17H24N4OS.